The molecular weight excluding hydrogens is 276 g/mol. The zero-order valence-corrected chi connectivity index (χ0v) is 12.5. The summed E-state index contributed by atoms with van der Waals surface area (Å²) in [4.78, 5) is 21.3. The summed E-state index contributed by atoms with van der Waals surface area (Å²) in [6.45, 7) is 1.92. The Morgan fingerprint density at radius 3 is 2.59 bits per heavy atom. The molecule has 5 nitrogen and oxygen atoms in total. The maximum atomic E-state index is 12.7. The van der Waals surface area contributed by atoms with Crippen LogP contribution in [0.1, 0.15) is 12.6 Å². The van der Waals surface area contributed by atoms with E-state index in [0.717, 1.165) is 17.1 Å². The van der Waals surface area contributed by atoms with Gasteiger partial charge in [0.05, 0.1) is 5.69 Å². The van der Waals surface area contributed by atoms with Gasteiger partial charge in [-0.05, 0) is 24.3 Å². The summed E-state index contributed by atoms with van der Waals surface area (Å²) in [5, 5.41) is 1.65. The molecule has 1 aliphatic rings. The van der Waals surface area contributed by atoms with Crippen molar-refractivity contribution in [1.82, 2.24) is 4.98 Å². The molecule has 3 rings (SSSR count). The van der Waals surface area contributed by atoms with Gasteiger partial charge in [0, 0.05) is 19.3 Å². The number of para-hydroxylation sites is 1. The van der Waals surface area contributed by atoms with Gasteiger partial charge in [0.15, 0.2) is 7.05 Å². The van der Waals surface area contributed by atoms with Crippen molar-refractivity contribution < 1.29 is 9.48 Å². The molecule has 1 aromatic heterocycles. The summed E-state index contributed by atoms with van der Waals surface area (Å²) >= 11 is 0. The van der Waals surface area contributed by atoms with E-state index in [2.05, 4.69) is 9.98 Å². The second-order valence-corrected chi connectivity index (χ2v) is 5.09. The van der Waals surface area contributed by atoms with Crippen LogP contribution in [-0.2, 0) is 4.79 Å². The number of hydrogen-bond donors (Lipinski definition) is 0. The summed E-state index contributed by atoms with van der Waals surface area (Å²) in [6.07, 6.45) is 3.35. The van der Waals surface area contributed by atoms with Gasteiger partial charge in [0.2, 0.25) is 11.8 Å². The van der Waals surface area contributed by atoms with E-state index in [1.54, 1.807) is 17.4 Å². The number of carbonyl (C=O) groups excluding carboxylic acids is 1. The standard InChI is InChI=1S/C17H17N4O/c1-13-16(19-12-14-8-6-7-11-18-14)17(22)21(20(13)2)15-9-4-3-5-10-15/h3-12,16H,1-2H3/q+1. The molecule has 0 fully saturated rings. The molecular formula is C17H17N4O+. The number of anilines is 1. The van der Waals surface area contributed by atoms with E-state index >= 15 is 0 Å². The minimum Gasteiger partial charge on any atom is -0.266 e. The van der Waals surface area contributed by atoms with Gasteiger partial charge in [0.1, 0.15) is 5.69 Å². The first-order valence-corrected chi connectivity index (χ1v) is 7.09. The molecule has 1 amide bonds. The van der Waals surface area contributed by atoms with Crippen molar-refractivity contribution in [3.05, 3.63) is 60.4 Å². The first-order valence-electron chi connectivity index (χ1n) is 7.09. The van der Waals surface area contributed by atoms with Crippen molar-refractivity contribution in [3.8, 4) is 0 Å². The lowest BCUT2D eigenvalue weighted by Crippen LogP contribution is -2.35. The average molecular weight is 293 g/mol. The van der Waals surface area contributed by atoms with Crippen molar-refractivity contribution in [2.24, 2.45) is 4.99 Å². The number of rotatable bonds is 3. The second kappa shape index (κ2) is 5.89. The summed E-state index contributed by atoms with van der Waals surface area (Å²) in [5.41, 5.74) is 2.47. The van der Waals surface area contributed by atoms with E-state index in [9.17, 15) is 4.79 Å². The molecule has 2 aromatic rings. The average Bonchev–Trinajstić information content (AvgIpc) is 2.77. The van der Waals surface area contributed by atoms with Gasteiger partial charge in [-0.15, -0.1) is 4.68 Å². The SMILES string of the molecule is CC1=[N+](C)N(c2ccccc2)C(=O)C1N=Cc1ccccn1. The largest absolute Gasteiger partial charge is 0.318 e. The van der Waals surface area contributed by atoms with E-state index in [-0.39, 0.29) is 5.91 Å². The Morgan fingerprint density at radius 1 is 1.18 bits per heavy atom. The van der Waals surface area contributed by atoms with Crippen LogP contribution in [0.3, 0.4) is 0 Å². The van der Waals surface area contributed by atoms with E-state index in [4.69, 9.17) is 0 Å². The van der Waals surface area contributed by atoms with Crippen molar-refractivity contribution in [1.29, 1.82) is 0 Å². The molecule has 2 heterocycles. The first-order chi connectivity index (χ1) is 10.7. The fraction of sp³-hybridized carbons (Fsp3) is 0.176. The van der Waals surface area contributed by atoms with Crippen LogP contribution in [0.5, 0.6) is 0 Å². The van der Waals surface area contributed by atoms with Gasteiger partial charge < -0.3 is 0 Å². The molecule has 0 N–H and O–H groups in total. The van der Waals surface area contributed by atoms with E-state index in [1.165, 1.54) is 0 Å². The number of aliphatic imine (C=N–C) groups is 1. The predicted molar refractivity (Wildman–Crippen MR) is 86.4 cm³/mol. The van der Waals surface area contributed by atoms with Gasteiger partial charge in [0.25, 0.3) is 0 Å². The third-order valence-electron chi connectivity index (χ3n) is 3.69. The highest BCUT2D eigenvalue weighted by molar-refractivity contribution is 6.15. The Hall–Kier alpha value is -2.82. The van der Waals surface area contributed by atoms with Crippen LogP contribution in [0.2, 0.25) is 0 Å². The summed E-state index contributed by atoms with van der Waals surface area (Å²) in [6, 6.07) is 14.7. The first kappa shape index (κ1) is 14.1. The van der Waals surface area contributed by atoms with Crippen LogP contribution in [0, 0.1) is 0 Å². The Balaban J connectivity index is 1.89. The number of hydrogen-bond acceptors (Lipinski definition) is 3. The molecule has 1 atom stereocenters. The van der Waals surface area contributed by atoms with Crippen LogP contribution in [0.25, 0.3) is 0 Å². The molecule has 0 aliphatic carbocycles. The van der Waals surface area contributed by atoms with Crippen molar-refractivity contribution in [2.45, 2.75) is 13.0 Å². The molecule has 0 spiro atoms. The zero-order chi connectivity index (χ0) is 15.5. The molecule has 110 valence electrons. The summed E-state index contributed by atoms with van der Waals surface area (Å²) in [5.74, 6) is -0.0571. The molecule has 0 radical (unpaired) electrons. The number of pyridine rings is 1. The lowest BCUT2D eigenvalue weighted by Gasteiger charge is -2.10. The highest BCUT2D eigenvalue weighted by atomic mass is 16.2. The fourth-order valence-corrected chi connectivity index (χ4v) is 2.42. The van der Waals surface area contributed by atoms with E-state index in [1.807, 2.05) is 67.2 Å². The molecule has 0 saturated carbocycles. The summed E-state index contributed by atoms with van der Waals surface area (Å²) in [7, 11) is 1.87. The molecule has 22 heavy (non-hydrogen) atoms. The normalized spacial score (nSPS) is 18.5. The number of amides is 1. The lowest BCUT2D eigenvalue weighted by molar-refractivity contribution is -0.495. The minimum atomic E-state index is -0.507. The van der Waals surface area contributed by atoms with Crippen LogP contribution in [0.4, 0.5) is 5.69 Å². The molecule has 1 aromatic carbocycles. The highest BCUT2D eigenvalue weighted by Gasteiger charge is 2.44. The molecule has 0 saturated heterocycles. The third kappa shape index (κ3) is 2.53. The maximum absolute atomic E-state index is 12.7. The predicted octanol–water partition coefficient (Wildman–Crippen LogP) is 1.93. The number of benzene rings is 1. The van der Waals surface area contributed by atoms with Crippen molar-refractivity contribution >= 4 is 23.5 Å². The van der Waals surface area contributed by atoms with Gasteiger partial charge in [-0.2, -0.15) is 0 Å². The van der Waals surface area contributed by atoms with Crippen LogP contribution in [-0.4, -0.2) is 40.6 Å². The van der Waals surface area contributed by atoms with E-state index in [0.29, 0.717) is 0 Å². The number of nitrogens with zero attached hydrogens (tertiary/aromatic N) is 4. The molecule has 5 heteroatoms. The molecule has 1 aliphatic heterocycles. The number of hydrazine groups is 1. The zero-order valence-electron chi connectivity index (χ0n) is 12.5. The smallest absolute Gasteiger partial charge is 0.266 e. The quantitative estimate of drug-likeness (QED) is 0.641. The molecule has 1 unspecified atom stereocenters. The number of hydrazone groups is 1. The van der Waals surface area contributed by atoms with E-state index < -0.39 is 6.04 Å². The summed E-state index contributed by atoms with van der Waals surface area (Å²) < 4.78 is 1.85. The van der Waals surface area contributed by atoms with Crippen LogP contribution < -0.4 is 5.01 Å². The Morgan fingerprint density at radius 2 is 1.91 bits per heavy atom. The van der Waals surface area contributed by atoms with Crippen molar-refractivity contribution in [3.63, 3.8) is 0 Å². The van der Waals surface area contributed by atoms with Gasteiger partial charge >= 0.3 is 5.91 Å². The highest BCUT2D eigenvalue weighted by Crippen LogP contribution is 2.20. The topological polar surface area (TPSA) is 48.6 Å². The Kier molecular flexibility index (Phi) is 3.78. The minimum absolute atomic E-state index is 0.0571. The van der Waals surface area contributed by atoms with Gasteiger partial charge in [-0.25, -0.2) is 0 Å². The van der Waals surface area contributed by atoms with Gasteiger partial charge in [-0.3, -0.25) is 14.8 Å². The Labute approximate surface area is 129 Å². The molecule has 0 bridgehead atoms. The van der Waals surface area contributed by atoms with Crippen LogP contribution >= 0.6 is 0 Å². The Bertz CT molecular complexity index is 738. The number of carbonyl (C=O) groups is 1. The fourth-order valence-electron chi connectivity index (χ4n) is 2.42. The third-order valence-corrected chi connectivity index (χ3v) is 3.69. The lowest BCUT2D eigenvalue weighted by atomic mass is 10.2. The number of aromatic nitrogens is 1. The van der Waals surface area contributed by atoms with Gasteiger partial charge in [-0.1, -0.05) is 29.3 Å². The van der Waals surface area contributed by atoms with Crippen molar-refractivity contribution in [2.75, 3.05) is 12.1 Å². The maximum Gasteiger partial charge on any atom is 0.318 e. The monoisotopic (exact) mass is 293 g/mol. The second-order valence-electron chi connectivity index (χ2n) is 5.09. The van der Waals surface area contributed by atoms with Crippen LogP contribution in [0.15, 0.2) is 59.7 Å².